The highest BCUT2D eigenvalue weighted by Gasteiger charge is 2.27. The zero-order chi connectivity index (χ0) is 12.0. The van der Waals surface area contributed by atoms with E-state index in [0.29, 0.717) is 19.3 Å². The molecule has 0 aromatic rings. The molecule has 5 nitrogen and oxygen atoms in total. The maximum Gasteiger partial charge on any atom is 0.248 e. The van der Waals surface area contributed by atoms with Crippen molar-refractivity contribution in [1.82, 2.24) is 10.2 Å². The number of rotatable bonds is 5. The molecule has 1 N–H and O–H groups in total. The van der Waals surface area contributed by atoms with Crippen molar-refractivity contribution >= 4 is 5.91 Å². The number of carbonyl (C=O) groups excluding carboxylic acids is 1. The van der Waals surface area contributed by atoms with E-state index in [-0.39, 0.29) is 18.6 Å². The van der Waals surface area contributed by atoms with E-state index in [1.807, 2.05) is 4.90 Å². The Morgan fingerprint density at radius 3 is 2.88 bits per heavy atom. The van der Waals surface area contributed by atoms with Crippen molar-refractivity contribution in [1.29, 1.82) is 0 Å². The smallest absolute Gasteiger partial charge is 0.248 e. The number of hydrogen-bond acceptors (Lipinski definition) is 4. The van der Waals surface area contributed by atoms with Crippen LogP contribution >= 0.6 is 0 Å². The van der Waals surface area contributed by atoms with Gasteiger partial charge in [-0.1, -0.05) is 0 Å². The van der Waals surface area contributed by atoms with Gasteiger partial charge in [-0.3, -0.25) is 4.79 Å². The fourth-order valence-corrected chi connectivity index (χ4v) is 1.79. The molecule has 1 amide bonds. The second-order valence-corrected chi connectivity index (χ2v) is 4.12. The lowest BCUT2D eigenvalue weighted by Gasteiger charge is -2.38. The predicted molar refractivity (Wildman–Crippen MR) is 61.3 cm³/mol. The first-order valence-corrected chi connectivity index (χ1v) is 5.76. The number of amides is 1. The summed E-state index contributed by atoms with van der Waals surface area (Å²) in [6, 6.07) is 0.573. The summed E-state index contributed by atoms with van der Waals surface area (Å²) in [5.41, 5.74) is 0. The van der Waals surface area contributed by atoms with Crippen molar-refractivity contribution in [3.8, 4) is 0 Å². The largest absolute Gasteiger partial charge is 0.382 e. The Labute approximate surface area is 97.1 Å². The molecule has 2 atom stereocenters. The molecule has 1 aliphatic rings. The second-order valence-electron chi connectivity index (χ2n) is 4.12. The summed E-state index contributed by atoms with van der Waals surface area (Å²) >= 11 is 0. The molecule has 0 spiro atoms. The van der Waals surface area contributed by atoms with E-state index in [1.54, 1.807) is 7.11 Å². The van der Waals surface area contributed by atoms with Gasteiger partial charge in [0.1, 0.15) is 6.61 Å². The Morgan fingerprint density at radius 2 is 2.19 bits per heavy atom. The lowest BCUT2D eigenvalue weighted by atomic mass is 10.1. The summed E-state index contributed by atoms with van der Waals surface area (Å²) in [7, 11) is 1.62. The monoisotopic (exact) mass is 230 g/mol. The normalized spacial score (nSPS) is 25.8. The van der Waals surface area contributed by atoms with Gasteiger partial charge in [-0.05, 0) is 13.8 Å². The van der Waals surface area contributed by atoms with E-state index in [1.165, 1.54) is 0 Å². The van der Waals surface area contributed by atoms with Crippen LogP contribution in [0, 0.1) is 0 Å². The molecular weight excluding hydrogens is 208 g/mol. The number of nitrogens with zero attached hydrogens (tertiary/aromatic N) is 1. The first-order valence-electron chi connectivity index (χ1n) is 5.76. The van der Waals surface area contributed by atoms with Gasteiger partial charge in [0.25, 0.3) is 0 Å². The van der Waals surface area contributed by atoms with E-state index in [4.69, 9.17) is 9.47 Å². The van der Waals surface area contributed by atoms with Crippen LogP contribution in [-0.2, 0) is 14.3 Å². The molecule has 1 rings (SSSR count). The van der Waals surface area contributed by atoms with Crippen molar-refractivity contribution in [2.75, 3.05) is 40.0 Å². The Kier molecular flexibility index (Phi) is 5.73. The molecule has 1 aliphatic heterocycles. The van der Waals surface area contributed by atoms with Gasteiger partial charge in [0, 0.05) is 32.3 Å². The SMILES string of the molecule is COCCOCC(=O)N1CCNC(C)C1C. The third-order valence-corrected chi connectivity index (χ3v) is 3.01. The van der Waals surface area contributed by atoms with Crippen LogP contribution < -0.4 is 5.32 Å². The third kappa shape index (κ3) is 3.73. The minimum atomic E-state index is 0.0666. The highest BCUT2D eigenvalue weighted by Crippen LogP contribution is 2.08. The molecule has 16 heavy (non-hydrogen) atoms. The molecule has 0 aromatic carbocycles. The van der Waals surface area contributed by atoms with Gasteiger partial charge in [-0.2, -0.15) is 0 Å². The number of ether oxygens (including phenoxy) is 2. The van der Waals surface area contributed by atoms with Gasteiger partial charge in [-0.25, -0.2) is 0 Å². The molecule has 94 valence electrons. The fraction of sp³-hybridized carbons (Fsp3) is 0.909. The zero-order valence-electron chi connectivity index (χ0n) is 10.4. The van der Waals surface area contributed by atoms with Gasteiger partial charge >= 0.3 is 0 Å². The number of methoxy groups -OCH3 is 1. The summed E-state index contributed by atoms with van der Waals surface area (Å²) in [5, 5.41) is 3.34. The Balaban J connectivity index is 2.29. The van der Waals surface area contributed by atoms with Crippen LogP contribution in [-0.4, -0.2) is 62.9 Å². The predicted octanol–water partition coefficient (Wildman–Crippen LogP) is -0.142. The maximum atomic E-state index is 11.8. The van der Waals surface area contributed by atoms with Crippen molar-refractivity contribution in [3.63, 3.8) is 0 Å². The van der Waals surface area contributed by atoms with E-state index in [2.05, 4.69) is 19.2 Å². The average molecular weight is 230 g/mol. The number of carbonyl (C=O) groups is 1. The molecule has 0 radical (unpaired) electrons. The molecule has 1 heterocycles. The third-order valence-electron chi connectivity index (χ3n) is 3.01. The second kappa shape index (κ2) is 6.83. The van der Waals surface area contributed by atoms with Crippen molar-refractivity contribution < 1.29 is 14.3 Å². The van der Waals surface area contributed by atoms with Crippen molar-refractivity contribution in [3.05, 3.63) is 0 Å². The molecule has 5 heteroatoms. The van der Waals surface area contributed by atoms with Gasteiger partial charge in [0.05, 0.1) is 13.2 Å². The number of piperazine rings is 1. The lowest BCUT2D eigenvalue weighted by Crippen LogP contribution is -2.57. The summed E-state index contributed by atoms with van der Waals surface area (Å²) < 4.78 is 10.1. The molecule has 0 aliphatic carbocycles. The summed E-state index contributed by atoms with van der Waals surface area (Å²) in [5.74, 6) is 0.0666. The number of nitrogens with one attached hydrogen (secondary N) is 1. The highest BCUT2D eigenvalue weighted by atomic mass is 16.5. The average Bonchev–Trinajstić information content (AvgIpc) is 2.28. The molecule has 1 saturated heterocycles. The summed E-state index contributed by atoms with van der Waals surface area (Å²) in [6.07, 6.45) is 0. The van der Waals surface area contributed by atoms with Crippen LogP contribution in [0.4, 0.5) is 0 Å². The first-order chi connectivity index (χ1) is 7.66. The van der Waals surface area contributed by atoms with Crippen LogP contribution in [0.2, 0.25) is 0 Å². The summed E-state index contributed by atoms with van der Waals surface area (Å²) in [4.78, 5) is 13.7. The van der Waals surface area contributed by atoms with Gasteiger partial charge in [0.2, 0.25) is 5.91 Å². The Bertz CT molecular complexity index is 223. The molecule has 2 unspecified atom stereocenters. The van der Waals surface area contributed by atoms with E-state index in [0.717, 1.165) is 13.1 Å². The van der Waals surface area contributed by atoms with E-state index >= 15 is 0 Å². The van der Waals surface area contributed by atoms with Gasteiger partial charge in [0.15, 0.2) is 0 Å². The Morgan fingerprint density at radius 1 is 1.44 bits per heavy atom. The lowest BCUT2D eigenvalue weighted by molar-refractivity contribution is -0.140. The highest BCUT2D eigenvalue weighted by molar-refractivity contribution is 5.78. The summed E-state index contributed by atoms with van der Waals surface area (Å²) in [6.45, 7) is 6.92. The maximum absolute atomic E-state index is 11.8. The van der Waals surface area contributed by atoms with Crippen molar-refractivity contribution in [2.24, 2.45) is 0 Å². The van der Waals surface area contributed by atoms with E-state index < -0.39 is 0 Å². The zero-order valence-corrected chi connectivity index (χ0v) is 10.4. The van der Waals surface area contributed by atoms with Crippen LogP contribution in [0.15, 0.2) is 0 Å². The fourth-order valence-electron chi connectivity index (χ4n) is 1.79. The van der Waals surface area contributed by atoms with Crippen LogP contribution in [0.1, 0.15) is 13.8 Å². The van der Waals surface area contributed by atoms with Crippen LogP contribution in [0.5, 0.6) is 0 Å². The molecule has 0 bridgehead atoms. The van der Waals surface area contributed by atoms with E-state index in [9.17, 15) is 4.79 Å². The quantitative estimate of drug-likeness (QED) is 0.668. The molecule has 0 aromatic heterocycles. The number of hydrogen-bond donors (Lipinski definition) is 1. The Hall–Kier alpha value is -0.650. The first kappa shape index (κ1) is 13.4. The minimum Gasteiger partial charge on any atom is -0.382 e. The molecule has 0 saturated carbocycles. The topological polar surface area (TPSA) is 50.8 Å². The van der Waals surface area contributed by atoms with Gasteiger partial charge in [-0.15, -0.1) is 0 Å². The standard InChI is InChI=1S/C11H22N2O3/c1-9-10(2)13(5-4-12-9)11(14)8-16-7-6-15-3/h9-10,12H,4-8H2,1-3H3. The molecule has 1 fully saturated rings. The molecular formula is C11H22N2O3. The van der Waals surface area contributed by atoms with Crippen LogP contribution in [0.3, 0.4) is 0 Å². The van der Waals surface area contributed by atoms with Gasteiger partial charge < -0.3 is 19.7 Å². The van der Waals surface area contributed by atoms with Crippen LogP contribution in [0.25, 0.3) is 0 Å². The van der Waals surface area contributed by atoms with Crippen molar-refractivity contribution in [2.45, 2.75) is 25.9 Å². The minimum absolute atomic E-state index is 0.0666.